The number of ether oxygens (including phenoxy) is 2. The molecule has 0 spiro atoms. The van der Waals surface area contributed by atoms with Crippen LogP contribution in [0.4, 0.5) is 5.69 Å². The topological polar surface area (TPSA) is 112 Å². The molecule has 3 aromatic rings. The maximum atomic E-state index is 12.1. The van der Waals surface area contributed by atoms with Crippen LogP contribution in [0.2, 0.25) is 0 Å². The van der Waals surface area contributed by atoms with Gasteiger partial charge in [0.1, 0.15) is 0 Å². The molecule has 1 aromatic carbocycles. The summed E-state index contributed by atoms with van der Waals surface area (Å²) in [5.74, 6) is -0.162. The number of methoxy groups -OCH3 is 1. The number of anilines is 1. The van der Waals surface area contributed by atoms with Crippen molar-refractivity contribution in [2.75, 3.05) is 25.6 Å². The zero-order chi connectivity index (χ0) is 21.8. The molecule has 8 heteroatoms. The minimum Gasteiger partial charge on any atom is -0.381 e. The van der Waals surface area contributed by atoms with Gasteiger partial charge in [0.2, 0.25) is 0 Å². The van der Waals surface area contributed by atoms with E-state index < -0.39 is 5.91 Å². The van der Waals surface area contributed by atoms with Gasteiger partial charge in [-0.05, 0) is 49.4 Å². The van der Waals surface area contributed by atoms with Crippen molar-refractivity contribution >= 4 is 22.5 Å². The highest BCUT2D eigenvalue weighted by atomic mass is 16.5. The molecule has 162 valence electrons. The van der Waals surface area contributed by atoms with Gasteiger partial charge >= 0.3 is 0 Å². The van der Waals surface area contributed by atoms with Gasteiger partial charge in [-0.15, -0.1) is 10.2 Å². The van der Waals surface area contributed by atoms with Gasteiger partial charge in [-0.1, -0.05) is 12.1 Å². The number of carbonyl (C=O) groups excluding carboxylic acids is 1. The predicted octanol–water partition coefficient (Wildman–Crippen LogP) is 3.16. The van der Waals surface area contributed by atoms with Crippen molar-refractivity contribution in [3.05, 3.63) is 47.9 Å². The van der Waals surface area contributed by atoms with E-state index in [2.05, 4.69) is 27.4 Å². The Morgan fingerprint density at radius 1 is 1.23 bits per heavy atom. The third kappa shape index (κ3) is 4.65. The second kappa shape index (κ2) is 9.36. The molecule has 0 bridgehead atoms. The summed E-state index contributed by atoms with van der Waals surface area (Å²) in [7, 11) is 1.64. The van der Waals surface area contributed by atoms with E-state index in [1.54, 1.807) is 7.11 Å². The number of primary amides is 1. The summed E-state index contributed by atoms with van der Waals surface area (Å²) in [5, 5.41) is 12.6. The highest BCUT2D eigenvalue weighted by molar-refractivity contribution is 6.05. The van der Waals surface area contributed by atoms with Crippen molar-refractivity contribution in [2.24, 2.45) is 11.7 Å². The van der Waals surface area contributed by atoms with Crippen LogP contribution >= 0.6 is 0 Å². The third-order valence-electron chi connectivity index (χ3n) is 5.79. The second-order valence-corrected chi connectivity index (χ2v) is 7.87. The molecule has 1 aliphatic rings. The fourth-order valence-electron chi connectivity index (χ4n) is 3.99. The minimum absolute atomic E-state index is 0.132. The molecule has 3 N–H and O–H groups in total. The molecule has 1 fully saturated rings. The first-order valence-corrected chi connectivity index (χ1v) is 10.5. The first-order chi connectivity index (χ1) is 15.1. The van der Waals surface area contributed by atoms with E-state index in [9.17, 15) is 4.79 Å². The predicted molar refractivity (Wildman–Crippen MR) is 119 cm³/mol. The molecule has 0 unspecified atom stereocenters. The monoisotopic (exact) mass is 421 g/mol. The van der Waals surface area contributed by atoms with Crippen LogP contribution in [-0.2, 0) is 16.1 Å². The average molecular weight is 422 g/mol. The van der Waals surface area contributed by atoms with E-state index in [-0.39, 0.29) is 11.7 Å². The normalized spacial score (nSPS) is 15.7. The summed E-state index contributed by atoms with van der Waals surface area (Å²) in [6.07, 6.45) is 3.76. The van der Waals surface area contributed by atoms with E-state index in [4.69, 9.17) is 15.2 Å². The van der Waals surface area contributed by atoms with Crippen LogP contribution in [0.3, 0.4) is 0 Å². The van der Waals surface area contributed by atoms with Crippen LogP contribution in [0, 0.1) is 5.92 Å². The molecule has 0 aliphatic carbocycles. The maximum absolute atomic E-state index is 12.1. The molecule has 1 aliphatic heterocycles. The van der Waals surface area contributed by atoms with Crippen LogP contribution in [0.1, 0.15) is 35.9 Å². The van der Waals surface area contributed by atoms with Crippen molar-refractivity contribution in [3.63, 3.8) is 0 Å². The summed E-state index contributed by atoms with van der Waals surface area (Å²) in [6.45, 7) is 4.10. The molecule has 1 saturated heterocycles. The Labute approximate surface area is 181 Å². The molecule has 3 heterocycles. The highest BCUT2D eigenvalue weighted by Crippen LogP contribution is 2.31. The molecular formula is C23H27N5O3. The smallest absolute Gasteiger partial charge is 0.271 e. The molecule has 4 rings (SSSR count). The van der Waals surface area contributed by atoms with E-state index >= 15 is 0 Å². The van der Waals surface area contributed by atoms with Crippen molar-refractivity contribution in [1.29, 1.82) is 0 Å². The first kappa shape index (κ1) is 21.1. The number of amides is 1. The number of aromatic nitrogens is 3. The summed E-state index contributed by atoms with van der Waals surface area (Å²) < 4.78 is 10.6. The maximum Gasteiger partial charge on any atom is 0.271 e. The Bertz CT molecular complexity index is 1060. The van der Waals surface area contributed by atoms with Gasteiger partial charge in [-0.25, -0.2) is 0 Å². The van der Waals surface area contributed by atoms with Crippen molar-refractivity contribution in [1.82, 2.24) is 15.2 Å². The van der Waals surface area contributed by atoms with Gasteiger partial charge in [-0.3, -0.25) is 9.78 Å². The SMILES string of the molecule is COCc1ccc(-c2ccc3nnc(C(N)=O)c(N[C@@H](C)C4CCOCC4)c3c2)cn1. The summed E-state index contributed by atoms with van der Waals surface area (Å²) in [4.78, 5) is 16.6. The molecule has 8 nitrogen and oxygen atoms in total. The number of hydrogen-bond acceptors (Lipinski definition) is 7. The fourth-order valence-corrected chi connectivity index (χ4v) is 3.99. The lowest BCUT2D eigenvalue weighted by Crippen LogP contribution is -2.32. The quantitative estimate of drug-likeness (QED) is 0.602. The number of pyridine rings is 1. The van der Waals surface area contributed by atoms with E-state index in [1.165, 1.54) is 0 Å². The highest BCUT2D eigenvalue weighted by Gasteiger charge is 2.24. The van der Waals surface area contributed by atoms with E-state index in [1.807, 2.05) is 36.5 Å². The Morgan fingerprint density at radius 3 is 2.68 bits per heavy atom. The van der Waals surface area contributed by atoms with E-state index in [0.717, 1.165) is 48.3 Å². The number of nitrogens with two attached hydrogens (primary N) is 1. The Balaban J connectivity index is 1.73. The Kier molecular flexibility index (Phi) is 6.39. The standard InChI is InChI=1S/C23H27N5O3/c1-14(15-7-9-31-10-8-15)26-21-19-11-16(17-3-5-18(13-30-2)25-12-17)4-6-20(19)27-28-22(21)23(24)29/h3-6,11-12,14-15H,7-10,13H2,1-2H3,(H2,24,29)(H,26,27)/t14-/m0/s1. The fraction of sp³-hybridized carbons (Fsp3) is 0.391. The van der Waals surface area contributed by atoms with Crippen molar-refractivity contribution in [2.45, 2.75) is 32.4 Å². The Hall–Kier alpha value is -3.10. The molecule has 2 aromatic heterocycles. The second-order valence-electron chi connectivity index (χ2n) is 7.87. The lowest BCUT2D eigenvalue weighted by molar-refractivity contribution is 0.0622. The molecular weight excluding hydrogens is 394 g/mol. The van der Waals surface area contributed by atoms with Gasteiger partial charge < -0.3 is 20.5 Å². The van der Waals surface area contributed by atoms with Crippen LogP contribution in [0.15, 0.2) is 36.5 Å². The summed E-state index contributed by atoms with van der Waals surface area (Å²) in [6, 6.07) is 9.95. The minimum atomic E-state index is -0.605. The summed E-state index contributed by atoms with van der Waals surface area (Å²) in [5.41, 5.74) is 9.89. The number of rotatable bonds is 7. The number of carbonyl (C=O) groups is 1. The number of nitrogens with one attached hydrogen (secondary N) is 1. The number of fused-ring (bicyclic) bond motifs is 1. The molecule has 31 heavy (non-hydrogen) atoms. The first-order valence-electron chi connectivity index (χ1n) is 10.5. The Morgan fingerprint density at radius 2 is 2.00 bits per heavy atom. The zero-order valence-corrected chi connectivity index (χ0v) is 17.8. The van der Waals surface area contributed by atoms with Crippen molar-refractivity contribution in [3.8, 4) is 11.1 Å². The zero-order valence-electron chi connectivity index (χ0n) is 17.8. The molecule has 0 radical (unpaired) electrons. The van der Waals surface area contributed by atoms with Crippen LogP contribution in [0.25, 0.3) is 22.0 Å². The molecule has 0 saturated carbocycles. The van der Waals surface area contributed by atoms with Crippen molar-refractivity contribution < 1.29 is 14.3 Å². The molecule has 1 amide bonds. The largest absolute Gasteiger partial charge is 0.381 e. The van der Waals surface area contributed by atoms with Crippen LogP contribution in [-0.4, -0.2) is 47.5 Å². The summed E-state index contributed by atoms with van der Waals surface area (Å²) >= 11 is 0. The molecule has 1 atom stereocenters. The van der Waals surface area contributed by atoms with Gasteiger partial charge in [-0.2, -0.15) is 0 Å². The number of hydrogen-bond donors (Lipinski definition) is 2. The lowest BCUT2D eigenvalue weighted by atomic mass is 9.92. The van der Waals surface area contributed by atoms with E-state index in [0.29, 0.717) is 23.7 Å². The van der Waals surface area contributed by atoms with Crippen LogP contribution in [0.5, 0.6) is 0 Å². The van der Waals surface area contributed by atoms with Gasteiger partial charge in [0.15, 0.2) is 5.69 Å². The third-order valence-corrected chi connectivity index (χ3v) is 5.79. The number of benzene rings is 1. The van der Waals surface area contributed by atoms with Crippen LogP contribution < -0.4 is 11.1 Å². The number of nitrogens with zero attached hydrogens (tertiary/aromatic N) is 3. The average Bonchev–Trinajstić information content (AvgIpc) is 2.80. The van der Waals surface area contributed by atoms with Gasteiger partial charge in [0, 0.05) is 43.5 Å². The lowest BCUT2D eigenvalue weighted by Gasteiger charge is -2.29. The van der Waals surface area contributed by atoms with Gasteiger partial charge in [0.05, 0.1) is 23.5 Å². The van der Waals surface area contributed by atoms with Gasteiger partial charge in [0.25, 0.3) is 5.91 Å².